The molecule has 0 saturated heterocycles. The van der Waals surface area contributed by atoms with Crippen molar-refractivity contribution in [3.63, 3.8) is 0 Å². The number of nitrogens with two attached hydrogens (primary N) is 1. The van der Waals surface area contributed by atoms with E-state index >= 15 is 0 Å². The summed E-state index contributed by atoms with van der Waals surface area (Å²) in [6.07, 6.45) is 0. The maximum absolute atomic E-state index is 13.1. The van der Waals surface area contributed by atoms with Gasteiger partial charge in [-0.1, -0.05) is 11.6 Å². The van der Waals surface area contributed by atoms with Crippen LogP contribution in [0.3, 0.4) is 0 Å². The van der Waals surface area contributed by atoms with Crippen LogP contribution in [0.15, 0.2) is 12.1 Å². The SMILES string of the molecule is CC(N)C(=O)c1cc(F)c(Cl)cc1F. The van der Waals surface area contributed by atoms with E-state index in [9.17, 15) is 13.6 Å². The van der Waals surface area contributed by atoms with Gasteiger partial charge in [0.1, 0.15) is 11.6 Å². The van der Waals surface area contributed by atoms with Crippen molar-refractivity contribution in [2.75, 3.05) is 0 Å². The number of rotatable bonds is 2. The minimum Gasteiger partial charge on any atom is -0.321 e. The summed E-state index contributed by atoms with van der Waals surface area (Å²) in [5, 5.41) is -0.358. The van der Waals surface area contributed by atoms with Gasteiger partial charge in [-0.2, -0.15) is 0 Å². The Balaban J connectivity index is 3.22. The average molecular weight is 220 g/mol. The fourth-order valence-electron chi connectivity index (χ4n) is 0.957. The summed E-state index contributed by atoms with van der Waals surface area (Å²) in [4.78, 5) is 11.3. The largest absolute Gasteiger partial charge is 0.321 e. The lowest BCUT2D eigenvalue weighted by molar-refractivity contribution is 0.0963. The predicted octanol–water partition coefficient (Wildman–Crippen LogP) is 2.15. The van der Waals surface area contributed by atoms with E-state index < -0.39 is 23.5 Å². The smallest absolute Gasteiger partial charge is 0.182 e. The zero-order valence-electron chi connectivity index (χ0n) is 7.35. The van der Waals surface area contributed by atoms with Gasteiger partial charge in [0.2, 0.25) is 0 Å². The van der Waals surface area contributed by atoms with Crippen molar-refractivity contribution >= 4 is 17.4 Å². The molecule has 0 fully saturated rings. The quantitative estimate of drug-likeness (QED) is 0.612. The topological polar surface area (TPSA) is 43.1 Å². The fraction of sp³-hybridized carbons (Fsp3) is 0.222. The molecule has 0 saturated carbocycles. The second-order valence-corrected chi connectivity index (χ2v) is 3.31. The van der Waals surface area contributed by atoms with Gasteiger partial charge in [0.15, 0.2) is 5.78 Å². The van der Waals surface area contributed by atoms with Gasteiger partial charge in [-0.3, -0.25) is 4.79 Å². The summed E-state index contributed by atoms with van der Waals surface area (Å²) >= 11 is 5.31. The molecule has 2 N–H and O–H groups in total. The Labute approximate surface area is 84.7 Å². The number of halogens is 3. The van der Waals surface area contributed by atoms with Crippen molar-refractivity contribution in [2.45, 2.75) is 13.0 Å². The number of benzene rings is 1. The highest BCUT2D eigenvalue weighted by Gasteiger charge is 2.17. The molecule has 0 bridgehead atoms. The second-order valence-electron chi connectivity index (χ2n) is 2.90. The lowest BCUT2D eigenvalue weighted by Crippen LogP contribution is -2.27. The molecule has 1 atom stereocenters. The van der Waals surface area contributed by atoms with Crippen LogP contribution in [-0.2, 0) is 0 Å². The van der Waals surface area contributed by atoms with Crippen molar-refractivity contribution in [3.8, 4) is 0 Å². The molecule has 0 aliphatic rings. The molecule has 0 spiro atoms. The first-order valence-electron chi connectivity index (χ1n) is 3.88. The highest BCUT2D eigenvalue weighted by Crippen LogP contribution is 2.20. The lowest BCUT2D eigenvalue weighted by atomic mass is 10.1. The first kappa shape index (κ1) is 11.1. The van der Waals surface area contributed by atoms with Gasteiger partial charge in [-0.05, 0) is 19.1 Å². The molecule has 14 heavy (non-hydrogen) atoms. The third kappa shape index (κ3) is 2.08. The first-order valence-corrected chi connectivity index (χ1v) is 4.25. The molecule has 0 amide bonds. The normalized spacial score (nSPS) is 12.6. The van der Waals surface area contributed by atoms with Crippen molar-refractivity contribution in [1.29, 1.82) is 0 Å². The van der Waals surface area contributed by atoms with Crippen molar-refractivity contribution in [2.24, 2.45) is 5.73 Å². The molecular formula is C9H8ClF2NO. The molecule has 1 unspecified atom stereocenters. The zero-order chi connectivity index (χ0) is 10.9. The van der Waals surface area contributed by atoms with Gasteiger partial charge in [0, 0.05) is 0 Å². The van der Waals surface area contributed by atoms with E-state index in [4.69, 9.17) is 17.3 Å². The van der Waals surface area contributed by atoms with Crippen molar-refractivity contribution in [1.82, 2.24) is 0 Å². The molecule has 5 heteroatoms. The predicted molar refractivity (Wildman–Crippen MR) is 49.3 cm³/mol. The Morgan fingerprint density at radius 2 is 2.00 bits per heavy atom. The summed E-state index contributed by atoms with van der Waals surface area (Å²) in [6, 6.07) is 0.639. The third-order valence-corrected chi connectivity index (χ3v) is 1.98. The lowest BCUT2D eigenvalue weighted by Gasteiger charge is -2.06. The fourth-order valence-corrected chi connectivity index (χ4v) is 1.11. The summed E-state index contributed by atoms with van der Waals surface area (Å²) in [5.74, 6) is -2.35. The number of carbonyl (C=O) groups is 1. The van der Waals surface area contributed by atoms with Crippen LogP contribution < -0.4 is 5.73 Å². The Morgan fingerprint density at radius 3 is 2.50 bits per heavy atom. The summed E-state index contributed by atoms with van der Waals surface area (Å²) in [5.41, 5.74) is 4.88. The average Bonchev–Trinajstić information content (AvgIpc) is 2.10. The molecule has 0 aliphatic carbocycles. The Bertz CT molecular complexity index is 379. The van der Waals surface area contributed by atoms with E-state index in [1.165, 1.54) is 6.92 Å². The monoisotopic (exact) mass is 219 g/mol. The Morgan fingerprint density at radius 1 is 1.43 bits per heavy atom. The number of carbonyl (C=O) groups excluding carboxylic acids is 1. The van der Waals surface area contributed by atoms with E-state index in [2.05, 4.69) is 0 Å². The molecular weight excluding hydrogens is 212 g/mol. The molecule has 1 aromatic rings. The van der Waals surface area contributed by atoms with Crippen molar-refractivity contribution in [3.05, 3.63) is 34.4 Å². The summed E-state index contributed by atoms with van der Waals surface area (Å²) in [7, 11) is 0. The van der Waals surface area contributed by atoms with Crippen molar-refractivity contribution < 1.29 is 13.6 Å². The Kier molecular flexibility index (Phi) is 3.18. The molecule has 1 rings (SSSR count). The van der Waals surface area contributed by atoms with Crippen LogP contribution in [0.25, 0.3) is 0 Å². The standard InChI is InChI=1S/C9H8ClF2NO/c1-4(13)9(14)5-2-8(12)6(10)3-7(5)11/h2-4H,13H2,1H3. The first-order chi connectivity index (χ1) is 6.43. The van der Waals surface area contributed by atoms with E-state index in [0.717, 1.165) is 12.1 Å². The number of hydrogen-bond acceptors (Lipinski definition) is 2. The minimum atomic E-state index is -0.870. The molecule has 0 aliphatic heterocycles. The van der Waals surface area contributed by atoms with E-state index in [-0.39, 0.29) is 10.6 Å². The molecule has 1 aromatic carbocycles. The van der Waals surface area contributed by atoms with Crippen LogP contribution >= 0.6 is 11.6 Å². The maximum Gasteiger partial charge on any atom is 0.182 e. The van der Waals surface area contributed by atoms with Crippen LogP contribution in [0.4, 0.5) is 8.78 Å². The van der Waals surface area contributed by atoms with Gasteiger partial charge >= 0.3 is 0 Å². The molecule has 2 nitrogen and oxygen atoms in total. The molecule has 0 aromatic heterocycles. The second kappa shape index (κ2) is 4.02. The van der Waals surface area contributed by atoms with Crippen LogP contribution in [0.1, 0.15) is 17.3 Å². The zero-order valence-corrected chi connectivity index (χ0v) is 8.11. The summed E-state index contributed by atoms with van der Waals surface area (Å²) in [6.45, 7) is 1.40. The van der Waals surface area contributed by atoms with Gasteiger partial charge < -0.3 is 5.73 Å². The van der Waals surface area contributed by atoms with Gasteiger partial charge in [0.05, 0.1) is 16.6 Å². The van der Waals surface area contributed by atoms with E-state index in [0.29, 0.717) is 0 Å². The highest BCUT2D eigenvalue weighted by atomic mass is 35.5. The number of hydrogen-bond donors (Lipinski definition) is 1. The van der Waals surface area contributed by atoms with E-state index in [1.807, 2.05) is 0 Å². The van der Waals surface area contributed by atoms with Gasteiger partial charge in [0.25, 0.3) is 0 Å². The number of ketones is 1. The van der Waals surface area contributed by atoms with Crippen LogP contribution in [0, 0.1) is 11.6 Å². The Hall–Kier alpha value is -1.00. The molecule has 76 valence electrons. The molecule has 0 heterocycles. The van der Waals surface area contributed by atoms with E-state index in [1.54, 1.807) is 0 Å². The summed E-state index contributed by atoms with van der Waals surface area (Å²) < 4.78 is 26.0. The van der Waals surface area contributed by atoms with Gasteiger partial charge in [-0.15, -0.1) is 0 Å². The minimum absolute atomic E-state index is 0.358. The van der Waals surface area contributed by atoms with Crippen LogP contribution in [0.2, 0.25) is 5.02 Å². The maximum atomic E-state index is 13.1. The number of Topliss-reactive ketones (excluding diaryl/α,β-unsaturated/α-hetero) is 1. The molecule has 0 radical (unpaired) electrons. The van der Waals surface area contributed by atoms with Gasteiger partial charge in [-0.25, -0.2) is 8.78 Å². The van der Waals surface area contributed by atoms with Crippen LogP contribution in [0.5, 0.6) is 0 Å². The third-order valence-electron chi connectivity index (χ3n) is 1.69. The highest BCUT2D eigenvalue weighted by molar-refractivity contribution is 6.30. The van der Waals surface area contributed by atoms with Crippen LogP contribution in [-0.4, -0.2) is 11.8 Å².